The minimum Gasteiger partial charge on any atom is -0.340 e. The summed E-state index contributed by atoms with van der Waals surface area (Å²) in [4.78, 5) is 24.7. The molecular formula is C17H24N6O. The number of aryl methyl sites for hydroxylation is 1. The molecule has 3 atom stereocenters. The number of hydrogen-bond acceptors (Lipinski definition) is 5. The lowest BCUT2D eigenvalue weighted by Gasteiger charge is -2.41. The molecule has 1 saturated heterocycles. The van der Waals surface area contributed by atoms with E-state index in [0.717, 1.165) is 44.1 Å². The molecule has 2 aromatic rings. The van der Waals surface area contributed by atoms with Crippen molar-refractivity contribution in [3.8, 4) is 0 Å². The van der Waals surface area contributed by atoms with Gasteiger partial charge in [0.2, 0.25) is 5.95 Å². The van der Waals surface area contributed by atoms with Crippen LogP contribution in [0.3, 0.4) is 0 Å². The lowest BCUT2D eigenvalue weighted by atomic mass is 9.93. The van der Waals surface area contributed by atoms with Gasteiger partial charge < -0.3 is 4.90 Å². The van der Waals surface area contributed by atoms with Crippen LogP contribution in [-0.4, -0.2) is 56.9 Å². The van der Waals surface area contributed by atoms with Crippen LogP contribution in [0.2, 0.25) is 0 Å². The molecule has 2 aromatic heterocycles. The molecule has 7 heteroatoms. The Morgan fingerprint density at radius 1 is 1.17 bits per heavy atom. The van der Waals surface area contributed by atoms with E-state index in [1.165, 1.54) is 25.7 Å². The Morgan fingerprint density at radius 3 is 2.71 bits per heavy atom. The minimum absolute atomic E-state index is 0.0985. The highest BCUT2D eigenvalue weighted by molar-refractivity contribution is 5.74. The fourth-order valence-electron chi connectivity index (χ4n) is 5.09. The molecule has 1 N–H and O–H groups in total. The number of rotatable bonds is 2. The van der Waals surface area contributed by atoms with Crippen LogP contribution in [0.4, 0.5) is 5.95 Å². The summed E-state index contributed by atoms with van der Waals surface area (Å²) in [6.07, 6.45) is 7.33. The second-order valence-corrected chi connectivity index (χ2v) is 7.66. The van der Waals surface area contributed by atoms with Crippen LogP contribution in [0, 0.1) is 11.8 Å². The Kier molecular flexibility index (Phi) is 3.20. The van der Waals surface area contributed by atoms with Gasteiger partial charge in [-0.25, -0.2) is 0 Å². The van der Waals surface area contributed by atoms with E-state index in [9.17, 15) is 4.79 Å². The van der Waals surface area contributed by atoms with Gasteiger partial charge in [-0.3, -0.25) is 19.4 Å². The predicted octanol–water partition coefficient (Wildman–Crippen LogP) is 0.967. The van der Waals surface area contributed by atoms with Gasteiger partial charge in [0.25, 0.3) is 5.56 Å². The molecule has 3 heterocycles. The zero-order chi connectivity index (χ0) is 16.3. The highest BCUT2D eigenvalue weighted by Gasteiger charge is 2.42. The molecule has 2 aliphatic carbocycles. The molecule has 5 rings (SSSR count). The normalized spacial score (nSPS) is 30.5. The lowest BCUT2D eigenvalue weighted by Crippen LogP contribution is -2.52. The number of nitrogens with zero attached hydrogens (tertiary/aromatic N) is 5. The Bertz CT molecular complexity index is 818. The average molecular weight is 328 g/mol. The standard InChI is InChI=1S/C17H24N6O/c1-21-15-13(10-18-21)16(24)20-17(19-15)23-6-4-22(5-7-23)14-9-11-2-3-12(14)8-11/h10-12,14H,2-9H2,1H3,(H,19,20,24). The number of nitrogens with one attached hydrogen (secondary N) is 1. The topological polar surface area (TPSA) is 70.1 Å². The summed E-state index contributed by atoms with van der Waals surface area (Å²) in [7, 11) is 1.83. The van der Waals surface area contributed by atoms with Gasteiger partial charge in [0.15, 0.2) is 5.65 Å². The van der Waals surface area contributed by atoms with Gasteiger partial charge in [-0.1, -0.05) is 6.42 Å². The summed E-state index contributed by atoms with van der Waals surface area (Å²) in [6.45, 7) is 4.00. The van der Waals surface area contributed by atoms with Crippen molar-refractivity contribution in [2.45, 2.75) is 31.7 Å². The smallest absolute Gasteiger partial charge is 0.263 e. The first-order chi connectivity index (χ1) is 11.7. The highest BCUT2D eigenvalue weighted by Crippen LogP contribution is 2.46. The van der Waals surface area contributed by atoms with Gasteiger partial charge >= 0.3 is 0 Å². The zero-order valence-corrected chi connectivity index (χ0v) is 14.1. The molecular weight excluding hydrogens is 304 g/mol. The maximum atomic E-state index is 12.2. The fraction of sp³-hybridized carbons (Fsp3) is 0.706. The SMILES string of the molecule is Cn1ncc2c(=O)[nH]c(N3CCN(C4CC5CCC4C5)CC3)nc21. The van der Waals surface area contributed by atoms with Crippen molar-refractivity contribution in [1.29, 1.82) is 0 Å². The molecule has 3 aliphatic rings. The number of piperazine rings is 1. The van der Waals surface area contributed by atoms with E-state index < -0.39 is 0 Å². The van der Waals surface area contributed by atoms with E-state index in [2.05, 4.69) is 24.9 Å². The number of aromatic amines is 1. The van der Waals surface area contributed by atoms with Crippen LogP contribution in [0.1, 0.15) is 25.7 Å². The summed E-state index contributed by atoms with van der Waals surface area (Å²) >= 11 is 0. The fourth-order valence-corrected chi connectivity index (χ4v) is 5.09. The third kappa shape index (κ3) is 2.17. The van der Waals surface area contributed by atoms with Crippen molar-refractivity contribution in [3.63, 3.8) is 0 Å². The largest absolute Gasteiger partial charge is 0.340 e. The quantitative estimate of drug-likeness (QED) is 0.889. The molecule has 0 amide bonds. The first-order valence-corrected chi connectivity index (χ1v) is 9.10. The van der Waals surface area contributed by atoms with Crippen molar-refractivity contribution in [2.75, 3.05) is 31.1 Å². The van der Waals surface area contributed by atoms with E-state index in [0.29, 0.717) is 17.0 Å². The summed E-state index contributed by atoms with van der Waals surface area (Å²) < 4.78 is 1.67. The van der Waals surface area contributed by atoms with Gasteiger partial charge in [-0.2, -0.15) is 10.1 Å². The van der Waals surface area contributed by atoms with Crippen molar-refractivity contribution in [1.82, 2.24) is 24.6 Å². The van der Waals surface area contributed by atoms with E-state index >= 15 is 0 Å². The zero-order valence-electron chi connectivity index (χ0n) is 14.1. The second-order valence-electron chi connectivity index (χ2n) is 7.66. The molecule has 2 bridgehead atoms. The van der Waals surface area contributed by atoms with E-state index in [1.807, 2.05) is 7.05 Å². The molecule has 128 valence electrons. The predicted molar refractivity (Wildman–Crippen MR) is 92.2 cm³/mol. The first-order valence-electron chi connectivity index (χ1n) is 9.10. The summed E-state index contributed by atoms with van der Waals surface area (Å²) in [5, 5.41) is 4.69. The van der Waals surface area contributed by atoms with Crippen molar-refractivity contribution >= 4 is 17.0 Å². The van der Waals surface area contributed by atoms with Crippen LogP contribution in [0.5, 0.6) is 0 Å². The summed E-state index contributed by atoms with van der Waals surface area (Å²) in [5.41, 5.74) is 0.558. The molecule has 0 spiro atoms. The molecule has 7 nitrogen and oxygen atoms in total. The van der Waals surface area contributed by atoms with E-state index in [-0.39, 0.29) is 5.56 Å². The van der Waals surface area contributed by atoms with Crippen molar-refractivity contribution in [2.24, 2.45) is 18.9 Å². The molecule has 1 aliphatic heterocycles. The third-order valence-electron chi connectivity index (χ3n) is 6.37. The molecule has 0 radical (unpaired) electrons. The van der Waals surface area contributed by atoms with Crippen LogP contribution < -0.4 is 10.5 Å². The first kappa shape index (κ1) is 14.5. The molecule has 3 fully saturated rings. The Balaban J connectivity index is 1.33. The number of anilines is 1. The van der Waals surface area contributed by atoms with Crippen molar-refractivity contribution < 1.29 is 0 Å². The van der Waals surface area contributed by atoms with Crippen LogP contribution >= 0.6 is 0 Å². The average Bonchev–Trinajstić information content (AvgIpc) is 3.31. The van der Waals surface area contributed by atoms with Gasteiger partial charge in [0, 0.05) is 39.3 Å². The Hall–Kier alpha value is -1.89. The van der Waals surface area contributed by atoms with Crippen LogP contribution in [-0.2, 0) is 7.05 Å². The van der Waals surface area contributed by atoms with Gasteiger partial charge in [0.05, 0.1) is 6.20 Å². The maximum Gasteiger partial charge on any atom is 0.263 e. The summed E-state index contributed by atoms with van der Waals surface area (Å²) in [5.74, 6) is 2.61. The molecule has 0 aromatic carbocycles. The Labute approximate surface area is 140 Å². The third-order valence-corrected chi connectivity index (χ3v) is 6.37. The number of fused-ring (bicyclic) bond motifs is 3. The number of H-pyrrole nitrogens is 1. The van der Waals surface area contributed by atoms with Gasteiger partial charge in [0.1, 0.15) is 5.39 Å². The number of hydrogen-bond donors (Lipinski definition) is 1. The highest BCUT2D eigenvalue weighted by atomic mass is 16.1. The van der Waals surface area contributed by atoms with Gasteiger partial charge in [-0.05, 0) is 31.1 Å². The van der Waals surface area contributed by atoms with Crippen molar-refractivity contribution in [3.05, 3.63) is 16.6 Å². The molecule has 24 heavy (non-hydrogen) atoms. The van der Waals surface area contributed by atoms with Gasteiger partial charge in [-0.15, -0.1) is 0 Å². The number of aromatic nitrogens is 4. The van der Waals surface area contributed by atoms with E-state index in [4.69, 9.17) is 0 Å². The van der Waals surface area contributed by atoms with Crippen LogP contribution in [0.15, 0.2) is 11.0 Å². The molecule has 3 unspecified atom stereocenters. The lowest BCUT2D eigenvalue weighted by molar-refractivity contribution is 0.134. The summed E-state index contributed by atoms with van der Waals surface area (Å²) in [6, 6.07) is 0.803. The van der Waals surface area contributed by atoms with E-state index in [1.54, 1.807) is 10.9 Å². The minimum atomic E-state index is -0.0985. The van der Waals surface area contributed by atoms with Crippen LogP contribution in [0.25, 0.3) is 11.0 Å². The second kappa shape index (κ2) is 5.31. The Morgan fingerprint density at radius 2 is 2.00 bits per heavy atom. The maximum absolute atomic E-state index is 12.2. The monoisotopic (exact) mass is 328 g/mol. The molecule has 2 saturated carbocycles.